The first-order chi connectivity index (χ1) is 18.6. The van der Waals surface area contributed by atoms with Gasteiger partial charge in [0.1, 0.15) is 0 Å². The van der Waals surface area contributed by atoms with Crippen molar-refractivity contribution in [3.8, 4) is 0 Å². The van der Waals surface area contributed by atoms with E-state index in [9.17, 15) is 9.59 Å². The maximum Gasteiger partial charge on any atom is 0.254 e. The number of likely N-dealkylation sites (N-methyl/N-ethyl adjacent to an activating group) is 1. The van der Waals surface area contributed by atoms with Gasteiger partial charge in [-0.1, -0.05) is 62.4 Å². The summed E-state index contributed by atoms with van der Waals surface area (Å²) in [5, 5.41) is 10.2. The fraction of sp³-hybridized carbons (Fsp3) is 0.484. The Morgan fingerprint density at radius 1 is 1.05 bits per heavy atom. The fourth-order valence-corrected chi connectivity index (χ4v) is 5.35. The number of likely N-dealkylation sites (tertiary alicyclic amines) is 1. The second-order valence-corrected chi connectivity index (χ2v) is 9.16. The number of carbonyl (C=O) groups excluding carboxylic acids is 2. The van der Waals surface area contributed by atoms with Gasteiger partial charge in [-0.25, -0.2) is 0 Å². The van der Waals surface area contributed by atoms with Crippen LogP contribution in [0.5, 0.6) is 0 Å². The Morgan fingerprint density at radius 2 is 1.68 bits per heavy atom. The van der Waals surface area contributed by atoms with Gasteiger partial charge in [0.15, 0.2) is 0 Å². The molecule has 208 valence electrons. The van der Waals surface area contributed by atoms with E-state index in [0.717, 1.165) is 49.9 Å². The standard InChI is InChI=1S/C28H36N4O2.C2H6.CH4O/c1-2-32-26(25(20-29)21-11-4-3-5-12-21)19-24(22-13-6-7-14-23(22)28(32)34)27(33)30-15-10-18-31-16-8-9-17-31;2*1-2/h3-7,11-14,20,24,26H,2,8-10,15-19,29H2,1H3,(H,30,33);1-2H3;2H,1H3/b25-20+;;. The van der Waals surface area contributed by atoms with Crippen LogP contribution < -0.4 is 11.1 Å². The number of aliphatic hydroxyl groups is 1. The van der Waals surface area contributed by atoms with E-state index in [4.69, 9.17) is 10.8 Å². The second kappa shape index (κ2) is 16.6. The van der Waals surface area contributed by atoms with E-state index in [1.54, 1.807) is 6.20 Å². The van der Waals surface area contributed by atoms with Crippen molar-refractivity contribution >= 4 is 17.4 Å². The van der Waals surface area contributed by atoms with Crippen molar-refractivity contribution in [1.29, 1.82) is 0 Å². The van der Waals surface area contributed by atoms with Gasteiger partial charge in [0, 0.05) is 25.8 Å². The molecule has 2 aliphatic heterocycles. The van der Waals surface area contributed by atoms with E-state index >= 15 is 0 Å². The van der Waals surface area contributed by atoms with Gasteiger partial charge in [-0.05, 0) is 81.2 Å². The minimum absolute atomic E-state index is 0.0194. The Balaban J connectivity index is 0.00000121. The molecule has 0 aliphatic carbocycles. The smallest absolute Gasteiger partial charge is 0.254 e. The molecule has 2 aromatic carbocycles. The van der Waals surface area contributed by atoms with E-state index in [1.807, 2.05) is 80.3 Å². The third-order valence-corrected chi connectivity index (χ3v) is 7.11. The molecular formula is C31H46N4O3. The first-order valence-electron chi connectivity index (χ1n) is 14.0. The minimum atomic E-state index is -0.424. The first-order valence-corrected chi connectivity index (χ1v) is 14.0. The second-order valence-electron chi connectivity index (χ2n) is 9.16. The van der Waals surface area contributed by atoms with Gasteiger partial charge in [-0.2, -0.15) is 0 Å². The van der Waals surface area contributed by atoms with Crippen molar-refractivity contribution < 1.29 is 14.7 Å². The van der Waals surface area contributed by atoms with E-state index in [-0.39, 0.29) is 17.9 Å². The number of hydrogen-bond acceptors (Lipinski definition) is 5. The summed E-state index contributed by atoms with van der Waals surface area (Å²) in [5.41, 5.74) is 9.37. The van der Waals surface area contributed by atoms with E-state index < -0.39 is 5.92 Å². The highest BCUT2D eigenvalue weighted by Gasteiger charge is 2.38. The summed E-state index contributed by atoms with van der Waals surface area (Å²) in [6, 6.07) is 17.1. The van der Waals surface area contributed by atoms with Gasteiger partial charge in [0.05, 0.1) is 12.0 Å². The number of carbonyl (C=O) groups is 2. The zero-order chi connectivity index (χ0) is 27.9. The monoisotopic (exact) mass is 522 g/mol. The van der Waals surface area contributed by atoms with E-state index in [0.29, 0.717) is 25.1 Å². The van der Waals surface area contributed by atoms with Crippen LogP contribution >= 0.6 is 0 Å². The molecule has 2 amide bonds. The lowest BCUT2D eigenvalue weighted by Crippen LogP contribution is -2.41. The highest BCUT2D eigenvalue weighted by atomic mass is 16.2. The quantitative estimate of drug-likeness (QED) is 0.451. The predicted molar refractivity (Wildman–Crippen MR) is 156 cm³/mol. The molecule has 7 nitrogen and oxygen atoms in total. The molecule has 0 bridgehead atoms. The third-order valence-electron chi connectivity index (χ3n) is 7.11. The molecular weight excluding hydrogens is 476 g/mol. The Hall–Kier alpha value is -3.16. The van der Waals surface area contributed by atoms with Gasteiger partial charge < -0.3 is 26.0 Å². The molecule has 0 radical (unpaired) electrons. The van der Waals surface area contributed by atoms with Crippen molar-refractivity contribution in [1.82, 2.24) is 15.1 Å². The zero-order valence-corrected chi connectivity index (χ0v) is 23.5. The summed E-state index contributed by atoms with van der Waals surface area (Å²) in [5.74, 6) is -0.496. The van der Waals surface area contributed by atoms with E-state index in [2.05, 4.69) is 10.2 Å². The van der Waals surface area contributed by atoms with Crippen molar-refractivity contribution in [2.24, 2.45) is 5.73 Å². The van der Waals surface area contributed by atoms with Crippen LogP contribution in [0.3, 0.4) is 0 Å². The normalized spacial score (nSPS) is 19.3. The molecule has 7 heteroatoms. The van der Waals surface area contributed by atoms with E-state index in [1.165, 1.54) is 12.8 Å². The van der Waals surface area contributed by atoms with Crippen LogP contribution in [0, 0.1) is 0 Å². The number of benzene rings is 2. The van der Waals surface area contributed by atoms with Crippen LogP contribution in [0.2, 0.25) is 0 Å². The SMILES string of the molecule is CC.CCN1C(=O)c2ccccc2C(C(=O)NCCCN2CCCC2)CC1/C(=C/N)c1ccccc1.CO. The van der Waals surface area contributed by atoms with Crippen LogP contribution in [-0.4, -0.2) is 72.6 Å². The minimum Gasteiger partial charge on any atom is -0.404 e. The van der Waals surface area contributed by atoms with Gasteiger partial charge in [-0.3, -0.25) is 9.59 Å². The topological polar surface area (TPSA) is 98.9 Å². The molecule has 0 aromatic heterocycles. The number of nitrogens with two attached hydrogens (primary N) is 1. The van der Waals surface area contributed by atoms with Crippen molar-refractivity contribution in [3.05, 3.63) is 77.5 Å². The molecule has 2 atom stereocenters. The summed E-state index contributed by atoms with van der Waals surface area (Å²) in [4.78, 5) is 31.4. The maximum absolute atomic E-state index is 13.6. The zero-order valence-electron chi connectivity index (χ0n) is 23.5. The molecule has 4 rings (SSSR count). The molecule has 2 unspecified atom stereocenters. The Labute approximate surface area is 228 Å². The summed E-state index contributed by atoms with van der Waals surface area (Å²) in [7, 11) is 1.00. The summed E-state index contributed by atoms with van der Waals surface area (Å²) < 4.78 is 0. The van der Waals surface area contributed by atoms with Gasteiger partial charge >= 0.3 is 0 Å². The fourth-order valence-electron chi connectivity index (χ4n) is 5.35. The Morgan fingerprint density at radius 3 is 2.32 bits per heavy atom. The first kappa shape index (κ1) is 31.1. The number of nitrogens with one attached hydrogen (secondary N) is 1. The van der Waals surface area contributed by atoms with Crippen LogP contribution in [0.1, 0.15) is 73.9 Å². The molecule has 0 saturated carbocycles. The lowest BCUT2D eigenvalue weighted by atomic mass is 9.86. The van der Waals surface area contributed by atoms with Crippen LogP contribution in [0.15, 0.2) is 60.8 Å². The lowest BCUT2D eigenvalue weighted by Gasteiger charge is -2.32. The Bertz CT molecular complexity index is 1020. The average molecular weight is 523 g/mol. The van der Waals surface area contributed by atoms with Crippen molar-refractivity contribution in [2.75, 3.05) is 39.8 Å². The molecule has 2 aromatic rings. The van der Waals surface area contributed by atoms with Crippen LogP contribution in [-0.2, 0) is 4.79 Å². The number of aliphatic hydroxyl groups excluding tert-OH is 1. The number of amides is 2. The van der Waals surface area contributed by atoms with Crippen molar-refractivity contribution in [3.63, 3.8) is 0 Å². The molecule has 0 spiro atoms. The highest BCUT2D eigenvalue weighted by Crippen LogP contribution is 2.37. The largest absolute Gasteiger partial charge is 0.404 e. The highest BCUT2D eigenvalue weighted by molar-refractivity contribution is 6.00. The Kier molecular flexibility index (Phi) is 13.6. The number of rotatable bonds is 8. The molecule has 1 fully saturated rings. The third kappa shape index (κ3) is 7.68. The number of fused-ring (bicyclic) bond motifs is 1. The number of nitrogens with zero attached hydrogens (tertiary/aromatic N) is 2. The lowest BCUT2D eigenvalue weighted by molar-refractivity contribution is -0.122. The molecule has 2 aliphatic rings. The van der Waals surface area contributed by atoms with Crippen molar-refractivity contribution in [2.45, 2.75) is 58.4 Å². The summed E-state index contributed by atoms with van der Waals surface area (Å²) >= 11 is 0. The van der Waals surface area contributed by atoms with Crippen LogP contribution in [0.4, 0.5) is 0 Å². The molecule has 38 heavy (non-hydrogen) atoms. The average Bonchev–Trinajstić information content (AvgIpc) is 3.46. The summed E-state index contributed by atoms with van der Waals surface area (Å²) in [6.45, 7) is 10.5. The maximum atomic E-state index is 13.6. The van der Waals surface area contributed by atoms with Gasteiger partial charge in [-0.15, -0.1) is 0 Å². The van der Waals surface area contributed by atoms with Gasteiger partial charge in [0.25, 0.3) is 5.91 Å². The van der Waals surface area contributed by atoms with Crippen LogP contribution in [0.25, 0.3) is 5.57 Å². The van der Waals surface area contributed by atoms with Gasteiger partial charge in [0.2, 0.25) is 5.91 Å². The molecule has 4 N–H and O–H groups in total. The molecule has 1 saturated heterocycles. The predicted octanol–water partition coefficient (Wildman–Crippen LogP) is 4.24. The number of hydrogen-bond donors (Lipinski definition) is 3. The summed E-state index contributed by atoms with van der Waals surface area (Å²) in [6.07, 6.45) is 5.56. The molecule has 2 heterocycles.